The molecule has 1 aliphatic rings. The summed E-state index contributed by atoms with van der Waals surface area (Å²) in [6, 6.07) is 17.8. The highest BCUT2D eigenvalue weighted by atomic mass is 16.5. The molecule has 6 heteroatoms. The molecule has 0 spiro atoms. The number of methoxy groups -OCH3 is 1. The van der Waals surface area contributed by atoms with Crippen LogP contribution in [0.1, 0.15) is 5.56 Å². The first-order valence-corrected chi connectivity index (χ1v) is 9.30. The van der Waals surface area contributed by atoms with Crippen molar-refractivity contribution in [2.45, 2.75) is 6.54 Å². The molecule has 0 saturated carbocycles. The number of nitrogens with zero attached hydrogens (tertiary/aromatic N) is 2. The molecule has 0 aliphatic carbocycles. The van der Waals surface area contributed by atoms with Crippen molar-refractivity contribution in [1.82, 2.24) is 15.1 Å². The number of rotatable bonds is 7. The standard InChI is InChI=1S/C21H27N3O3/c1-26-19-7-9-20(10-8-19)27-16-11-22-21(25)24-14-12-23(13-15-24)17-18-5-3-2-4-6-18/h2-10H,11-17H2,1H3,(H,22,25). The zero-order valence-corrected chi connectivity index (χ0v) is 15.8. The topological polar surface area (TPSA) is 54.0 Å². The zero-order valence-electron chi connectivity index (χ0n) is 15.8. The number of carbonyl (C=O) groups is 1. The Morgan fingerprint density at radius 3 is 2.30 bits per heavy atom. The molecule has 0 unspecified atom stereocenters. The number of carbonyl (C=O) groups excluding carboxylic acids is 1. The van der Waals surface area contributed by atoms with Crippen molar-refractivity contribution in [3.63, 3.8) is 0 Å². The van der Waals surface area contributed by atoms with Crippen molar-refractivity contribution in [2.75, 3.05) is 46.4 Å². The SMILES string of the molecule is COc1ccc(OCCNC(=O)N2CCN(Cc3ccccc3)CC2)cc1. The van der Waals surface area contributed by atoms with E-state index in [9.17, 15) is 4.79 Å². The number of hydrogen-bond donors (Lipinski definition) is 1. The first kappa shape index (κ1) is 19.0. The highest BCUT2D eigenvalue weighted by Gasteiger charge is 2.20. The molecule has 0 bridgehead atoms. The number of urea groups is 1. The number of hydrogen-bond acceptors (Lipinski definition) is 4. The van der Waals surface area contributed by atoms with Crippen LogP contribution in [-0.2, 0) is 6.54 Å². The average molecular weight is 369 g/mol. The molecule has 144 valence electrons. The summed E-state index contributed by atoms with van der Waals surface area (Å²) in [6.45, 7) is 5.14. The van der Waals surface area contributed by atoms with Gasteiger partial charge >= 0.3 is 6.03 Å². The van der Waals surface area contributed by atoms with E-state index in [0.717, 1.165) is 44.2 Å². The predicted molar refractivity (Wildman–Crippen MR) is 105 cm³/mol. The monoisotopic (exact) mass is 369 g/mol. The summed E-state index contributed by atoms with van der Waals surface area (Å²) in [6.07, 6.45) is 0. The second kappa shape index (κ2) is 9.83. The van der Waals surface area contributed by atoms with Crippen LogP contribution in [-0.4, -0.2) is 62.3 Å². The van der Waals surface area contributed by atoms with Gasteiger partial charge < -0.3 is 19.7 Å². The smallest absolute Gasteiger partial charge is 0.317 e. The average Bonchev–Trinajstić information content (AvgIpc) is 2.73. The lowest BCUT2D eigenvalue weighted by Gasteiger charge is -2.34. The third kappa shape index (κ3) is 5.89. The second-order valence-electron chi connectivity index (χ2n) is 6.50. The molecule has 1 saturated heterocycles. The van der Waals surface area contributed by atoms with Crippen molar-refractivity contribution in [2.24, 2.45) is 0 Å². The highest BCUT2D eigenvalue weighted by Crippen LogP contribution is 2.16. The summed E-state index contributed by atoms with van der Waals surface area (Å²) in [5, 5.41) is 2.93. The third-order valence-corrected chi connectivity index (χ3v) is 4.61. The van der Waals surface area contributed by atoms with E-state index >= 15 is 0 Å². The number of nitrogens with one attached hydrogen (secondary N) is 1. The Bertz CT molecular complexity index is 698. The maximum absolute atomic E-state index is 12.3. The van der Waals surface area contributed by atoms with Crippen LogP contribution in [0.25, 0.3) is 0 Å². The minimum Gasteiger partial charge on any atom is -0.497 e. The highest BCUT2D eigenvalue weighted by molar-refractivity contribution is 5.74. The normalized spacial score (nSPS) is 14.6. The summed E-state index contributed by atoms with van der Waals surface area (Å²) in [4.78, 5) is 16.5. The van der Waals surface area contributed by atoms with Crippen molar-refractivity contribution in [1.29, 1.82) is 0 Å². The fourth-order valence-corrected chi connectivity index (χ4v) is 3.06. The Kier molecular flexibility index (Phi) is 6.93. The molecule has 3 rings (SSSR count). The van der Waals surface area contributed by atoms with Crippen LogP contribution in [0, 0.1) is 0 Å². The molecule has 0 atom stereocenters. The molecule has 1 N–H and O–H groups in total. The summed E-state index contributed by atoms with van der Waals surface area (Å²) in [7, 11) is 1.63. The van der Waals surface area contributed by atoms with E-state index in [1.54, 1.807) is 7.11 Å². The van der Waals surface area contributed by atoms with Crippen LogP contribution in [0.2, 0.25) is 0 Å². The fraction of sp³-hybridized carbons (Fsp3) is 0.381. The van der Waals surface area contributed by atoms with Gasteiger partial charge in [-0.1, -0.05) is 30.3 Å². The lowest BCUT2D eigenvalue weighted by atomic mass is 10.2. The molecule has 2 amide bonds. The minimum atomic E-state index is -0.0207. The van der Waals surface area contributed by atoms with Gasteiger partial charge in [0.2, 0.25) is 0 Å². The molecular weight excluding hydrogens is 342 g/mol. The van der Waals surface area contributed by atoms with Crippen LogP contribution in [0.3, 0.4) is 0 Å². The molecule has 2 aromatic rings. The van der Waals surface area contributed by atoms with Gasteiger partial charge in [0, 0.05) is 32.7 Å². The van der Waals surface area contributed by atoms with Crippen molar-refractivity contribution in [3.8, 4) is 11.5 Å². The predicted octanol–water partition coefficient (Wildman–Crippen LogP) is 2.60. The van der Waals surface area contributed by atoms with E-state index in [1.807, 2.05) is 35.2 Å². The van der Waals surface area contributed by atoms with Crippen LogP contribution in [0.15, 0.2) is 54.6 Å². The lowest BCUT2D eigenvalue weighted by molar-refractivity contribution is 0.134. The maximum Gasteiger partial charge on any atom is 0.317 e. The van der Waals surface area contributed by atoms with Gasteiger partial charge in [0.1, 0.15) is 18.1 Å². The molecular formula is C21H27N3O3. The molecule has 0 aromatic heterocycles. The quantitative estimate of drug-likeness (QED) is 0.763. The molecule has 2 aromatic carbocycles. The lowest BCUT2D eigenvalue weighted by Crippen LogP contribution is -2.51. The Hall–Kier alpha value is -2.73. The number of benzene rings is 2. The molecule has 0 radical (unpaired) electrons. The van der Waals surface area contributed by atoms with Gasteiger partial charge in [-0.15, -0.1) is 0 Å². The second-order valence-corrected chi connectivity index (χ2v) is 6.50. The summed E-state index contributed by atoms with van der Waals surface area (Å²) < 4.78 is 10.7. The van der Waals surface area contributed by atoms with Crippen LogP contribution in [0.5, 0.6) is 11.5 Å². The Morgan fingerprint density at radius 1 is 0.963 bits per heavy atom. The molecule has 6 nitrogen and oxygen atoms in total. The van der Waals surface area contributed by atoms with Crippen molar-refractivity contribution >= 4 is 6.03 Å². The zero-order chi connectivity index (χ0) is 18.9. The third-order valence-electron chi connectivity index (χ3n) is 4.61. The fourth-order valence-electron chi connectivity index (χ4n) is 3.06. The van der Waals surface area contributed by atoms with Crippen LogP contribution < -0.4 is 14.8 Å². The van der Waals surface area contributed by atoms with Gasteiger partial charge in [-0.2, -0.15) is 0 Å². The summed E-state index contributed by atoms with van der Waals surface area (Å²) in [5.41, 5.74) is 1.31. The van der Waals surface area contributed by atoms with Gasteiger partial charge in [-0.05, 0) is 29.8 Å². The number of amides is 2. The number of piperazine rings is 1. The first-order valence-electron chi connectivity index (χ1n) is 9.30. The van der Waals surface area contributed by atoms with Crippen molar-refractivity contribution < 1.29 is 14.3 Å². The molecule has 1 fully saturated rings. The van der Waals surface area contributed by atoms with E-state index in [2.05, 4.69) is 34.5 Å². The van der Waals surface area contributed by atoms with E-state index in [0.29, 0.717) is 13.2 Å². The number of ether oxygens (including phenoxy) is 2. The van der Waals surface area contributed by atoms with Gasteiger partial charge in [-0.25, -0.2) is 4.79 Å². The largest absolute Gasteiger partial charge is 0.497 e. The van der Waals surface area contributed by atoms with Gasteiger partial charge in [0.15, 0.2) is 0 Å². The van der Waals surface area contributed by atoms with E-state index in [-0.39, 0.29) is 6.03 Å². The van der Waals surface area contributed by atoms with Crippen LogP contribution >= 0.6 is 0 Å². The van der Waals surface area contributed by atoms with Crippen LogP contribution in [0.4, 0.5) is 4.79 Å². The van der Waals surface area contributed by atoms with E-state index in [1.165, 1.54) is 5.56 Å². The molecule has 1 aliphatic heterocycles. The minimum absolute atomic E-state index is 0.0207. The maximum atomic E-state index is 12.3. The van der Waals surface area contributed by atoms with E-state index < -0.39 is 0 Å². The Balaban J connectivity index is 1.32. The molecule has 27 heavy (non-hydrogen) atoms. The first-order chi connectivity index (χ1) is 13.2. The van der Waals surface area contributed by atoms with Gasteiger partial charge in [0.25, 0.3) is 0 Å². The summed E-state index contributed by atoms with van der Waals surface area (Å²) >= 11 is 0. The van der Waals surface area contributed by atoms with Gasteiger partial charge in [0.05, 0.1) is 13.7 Å². The van der Waals surface area contributed by atoms with E-state index in [4.69, 9.17) is 9.47 Å². The Labute approximate surface area is 160 Å². The summed E-state index contributed by atoms with van der Waals surface area (Å²) in [5.74, 6) is 1.56. The Morgan fingerprint density at radius 2 is 1.63 bits per heavy atom. The van der Waals surface area contributed by atoms with Crippen molar-refractivity contribution in [3.05, 3.63) is 60.2 Å². The van der Waals surface area contributed by atoms with Gasteiger partial charge in [-0.3, -0.25) is 4.90 Å². The molecule has 1 heterocycles.